The highest BCUT2D eigenvalue weighted by Crippen LogP contribution is 2.19. The molecule has 0 aromatic rings. The van der Waals surface area contributed by atoms with Gasteiger partial charge >= 0.3 is 0 Å². The molecule has 0 radical (unpaired) electrons. The van der Waals surface area contributed by atoms with Gasteiger partial charge in [-0.1, -0.05) is 6.92 Å². The van der Waals surface area contributed by atoms with E-state index in [2.05, 4.69) is 11.8 Å². The summed E-state index contributed by atoms with van der Waals surface area (Å²) in [6.07, 6.45) is 0.131. The number of nitrogens with zero attached hydrogens (tertiary/aromatic N) is 1. The van der Waals surface area contributed by atoms with Crippen molar-refractivity contribution < 1.29 is 14.2 Å². The molecule has 0 N–H and O–H groups in total. The third kappa shape index (κ3) is 2.20. The number of ether oxygens (including phenoxy) is 3. The molecule has 1 heterocycles. The van der Waals surface area contributed by atoms with Crippen LogP contribution in [0.1, 0.15) is 13.8 Å². The molecule has 0 bridgehead atoms. The first kappa shape index (κ1) is 10.9. The lowest BCUT2D eigenvalue weighted by Gasteiger charge is -2.42. The highest BCUT2D eigenvalue weighted by atomic mass is 16.6. The summed E-state index contributed by atoms with van der Waals surface area (Å²) in [7, 11) is 3.39. The van der Waals surface area contributed by atoms with Gasteiger partial charge in [-0.05, 0) is 6.92 Å². The van der Waals surface area contributed by atoms with Gasteiger partial charge in [-0.25, -0.2) is 4.90 Å². The Morgan fingerprint density at radius 3 is 2.54 bits per heavy atom. The first-order chi connectivity index (χ1) is 6.24. The third-order valence-corrected chi connectivity index (χ3v) is 2.48. The Bertz CT molecular complexity index is 154. The second-order valence-electron chi connectivity index (χ2n) is 3.19. The molecule has 0 aromatic carbocycles. The van der Waals surface area contributed by atoms with E-state index in [0.717, 1.165) is 6.54 Å². The molecule has 13 heavy (non-hydrogen) atoms. The van der Waals surface area contributed by atoms with E-state index in [1.165, 1.54) is 0 Å². The molecule has 3 atom stereocenters. The van der Waals surface area contributed by atoms with Crippen LogP contribution in [0.4, 0.5) is 0 Å². The highest BCUT2D eigenvalue weighted by molar-refractivity contribution is 4.76. The van der Waals surface area contributed by atoms with E-state index in [0.29, 0.717) is 6.61 Å². The predicted molar refractivity (Wildman–Crippen MR) is 49.4 cm³/mol. The van der Waals surface area contributed by atoms with Crippen LogP contribution in [0.3, 0.4) is 0 Å². The smallest absolute Gasteiger partial charge is 0.138 e. The molecule has 1 aliphatic heterocycles. The van der Waals surface area contributed by atoms with E-state index < -0.39 is 0 Å². The minimum Gasteiger partial charge on any atom is -0.370 e. The number of likely N-dealkylation sites (N-methyl/N-ethyl adjacent to an activating group) is 1. The van der Waals surface area contributed by atoms with Crippen molar-refractivity contribution in [2.45, 2.75) is 32.4 Å². The van der Waals surface area contributed by atoms with E-state index in [-0.39, 0.29) is 18.6 Å². The molecular weight excluding hydrogens is 170 g/mol. The van der Waals surface area contributed by atoms with Crippen LogP contribution < -0.4 is 0 Å². The van der Waals surface area contributed by atoms with Crippen LogP contribution in [0.25, 0.3) is 0 Å². The van der Waals surface area contributed by atoms with Gasteiger partial charge in [0.05, 0.1) is 12.7 Å². The van der Waals surface area contributed by atoms with Crippen molar-refractivity contribution in [3.05, 3.63) is 0 Å². The lowest BCUT2D eigenvalue weighted by atomic mass is 10.2. The van der Waals surface area contributed by atoms with Gasteiger partial charge in [-0.2, -0.15) is 0 Å². The Morgan fingerprint density at radius 2 is 2.08 bits per heavy atom. The van der Waals surface area contributed by atoms with Gasteiger partial charge in [0, 0.05) is 20.8 Å². The predicted octanol–water partition coefficient (Wildman–Crippen LogP) is 0.672. The normalized spacial score (nSPS) is 36.5. The van der Waals surface area contributed by atoms with E-state index >= 15 is 0 Å². The van der Waals surface area contributed by atoms with Crippen LogP contribution in [0, 0.1) is 0 Å². The minimum atomic E-state index is 0.00343. The Morgan fingerprint density at radius 1 is 1.38 bits per heavy atom. The molecule has 78 valence electrons. The van der Waals surface area contributed by atoms with Crippen molar-refractivity contribution in [2.24, 2.45) is 0 Å². The summed E-state index contributed by atoms with van der Waals surface area (Å²) in [5, 5.41) is 0. The molecule has 0 aliphatic carbocycles. The van der Waals surface area contributed by atoms with Crippen LogP contribution in [0.2, 0.25) is 0 Å². The molecule has 4 nitrogen and oxygen atoms in total. The third-order valence-electron chi connectivity index (χ3n) is 2.48. The van der Waals surface area contributed by atoms with Gasteiger partial charge < -0.3 is 14.2 Å². The maximum Gasteiger partial charge on any atom is 0.138 e. The van der Waals surface area contributed by atoms with Gasteiger partial charge in [-0.15, -0.1) is 0 Å². The summed E-state index contributed by atoms with van der Waals surface area (Å²) in [6, 6.07) is 0. The summed E-state index contributed by atoms with van der Waals surface area (Å²) in [4.78, 5) is 2.16. The molecule has 1 rings (SSSR count). The van der Waals surface area contributed by atoms with Crippen molar-refractivity contribution in [3.8, 4) is 0 Å². The Labute approximate surface area is 79.8 Å². The van der Waals surface area contributed by atoms with Crippen LogP contribution in [-0.2, 0) is 14.2 Å². The molecule has 1 aliphatic rings. The lowest BCUT2D eigenvalue weighted by Crippen LogP contribution is -2.57. The van der Waals surface area contributed by atoms with Crippen LogP contribution in [0.5, 0.6) is 0 Å². The van der Waals surface area contributed by atoms with E-state index in [1.807, 2.05) is 6.92 Å². The van der Waals surface area contributed by atoms with E-state index in [4.69, 9.17) is 14.2 Å². The fourth-order valence-corrected chi connectivity index (χ4v) is 1.76. The van der Waals surface area contributed by atoms with Crippen LogP contribution in [0.15, 0.2) is 0 Å². The zero-order chi connectivity index (χ0) is 9.84. The van der Waals surface area contributed by atoms with Gasteiger partial charge in [0.15, 0.2) is 0 Å². The van der Waals surface area contributed by atoms with Crippen molar-refractivity contribution >= 4 is 0 Å². The molecule has 0 spiro atoms. The average molecular weight is 189 g/mol. The fraction of sp³-hybridized carbons (Fsp3) is 1.00. The summed E-state index contributed by atoms with van der Waals surface area (Å²) < 4.78 is 16.2. The maximum atomic E-state index is 5.53. The summed E-state index contributed by atoms with van der Waals surface area (Å²) in [5.41, 5.74) is 0. The first-order valence-corrected chi connectivity index (χ1v) is 4.67. The Kier molecular flexibility index (Phi) is 4.12. The lowest BCUT2D eigenvalue weighted by molar-refractivity contribution is -0.239. The average Bonchev–Trinajstić information content (AvgIpc) is 2.17. The highest BCUT2D eigenvalue weighted by Gasteiger charge is 2.34. The standard InChI is InChI=1S/C9H19NO3/c1-5-10-8(11-3)6-13-7(2)9(10)12-4/h7-9H,5-6H2,1-4H3. The first-order valence-electron chi connectivity index (χ1n) is 4.67. The second kappa shape index (κ2) is 4.91. The topological polar surface area (TPSA) is 30.9 Å². The zero-order valence-electron chi connectivity index (χ0n) is 8.82. The van der Waals surface area contributed by atoms with Crippen molar-refractivity contribution in [2.75, 3.05) is 27.4 Å². The molecular formula is C9H19NO3. The van der Waals surface area contributed by atoms with Gasteiger partial charge in [0.25, 0.3) is 0 Å². The van der Waals surface area contributed by atoms with Crippen LogP contribution in [-0.4, -0.2) is 50.8 Å². The number of methoxy groups -OCH3 is 2. The van der Waals surface area contributed by atoms with E-state index in [9.17, 15) is 0 Å². The minimum absolute atomic E-state index is 0.00343. The number of hydrogen-bond donors (Lipinski definition) is 0. The Balaban J connectivity index is 2.64. The monoisotopic (exact) mass is 189 g/mol. The fourth-order valence-electron chi connectivity index (χ4n) is 1.76. The number of hydrogen-bond acceptors (Lipinski definition) is 4. The quantitative estimate of drug-likeness (QED) is 0.653. The Hall–Kier alpha value is -0.160. The number of rotatable bonds is 3. The molecule has 0 aromatic heterocycles. The van der Waals surface area contributed by atoms with E-state index in [1.54, 1.807) is 14.2 Å². The largest absolute Gasteiger partial charge is 0.370 e. The molecule has 1 saturated heterocycles. The summed E-state index contributed by atoms with van der Waals surface area (Å²) >= 11 is 0. The molecule has 0 amide bonds. The van der Waals surface area contributed by atoms with Crippen LogP contribution >= 0.6 is 0 Å². The van der Waals surface area contributed by atoms with Gasteiger partial charge in [-0.3, -0.25) is 0 Å². The summed E-state index contributed by atoms with van der Waals surface area (Å²) in [5.74, 6) is 0. The van der Waals surface area contributed by atoms with Crippen molar-refractivity contribution in [3.63, 3.8) is 0 Å². The molecule has 4 heteroatoms. The number of morpholine rings is 1. The molecule has 1 fully saturated rings. The van der Waals surface area contributed by atoms with Gasteiger partial charge in [0.2, 0.25) is 0 Å². The summed E-state index contributed by atoms with van der Waals surface area (Å²) in [6.45, 7) is 5.63. The maximum absolute atomic E-state index is 5.53. The molecule has 3 unspecified atom stereocenters. The molecule has 0 saturated carbocycles. The second-order valence-corrected chi connectivity index (χ2v) is 3.19. The van der Waals surface area contributed by atoms with Crippen molar-refractivity contribution in [1.82, 2.24) is 4.90 Å². The SMILES string of the molecule is CCN1C(OC)COC(C)C1OC. The zero-order valence-corrected chi connectivity index (χ0v) is 8.82. The van der Waals surface area contributed by atoms with Crippen molar-refractivity contribution in [1.29, 1.82) is 0 Å². The van der Waals surface area contributed by atoms with Gasteiger partial charge in [0.1, 0.15) is 12.5 Å².